The summed E-state index contributed by atoms with van der Waals surface area (Å²) < 4.78 is 52.4. The molecule has 0 spiro atoms. The lowest BCUT2D eigenvalue weighted by Crippen LogP contribution is -2.51. The van der Waals surface area contributed by atoms with Crippen molar-refractivity contribution in [2.45, 2.75) is 32.9 Å². The number of carbonyl (C=O) groups is 2. The molecule has 0 aliphatic heterocycles. The van der Waals surface area contributed by atoms with Crippen LogP contribution in [0, 0.1) is 11.6 Å². The summed E-state index contributed by atoms with van der Waals surface area (Å²) in [5.74, 6) is -3.42. The summed E-state index contributed by atoms with van der Waals surface area (Å²) in [7, 11) is -4.01. The van der Waals surface area contributed by atoms with Crippen molar-refractivity contribution in [3.05, 3.63) is 65.7 Å². The number of halogens is 2. The van der Waals surface area contributed by atoms with Crippen LogP contribution < -0.4 is 9.62 Å². The van der Waals surface area contributed by atoms with E-state index in [2.05, 4.69) is 5.32 Å². The molecule has 0 heterocycles. The van der Waals surface area contributed by atoms with Gasteiger partial charge in [0.25, 0.3) is 0 Å². The number of hydrogen-bond donors (Lipinski definition) is 1. The Labute approximate surface area is 187 Å². The first kappa shape index (κ1) is 25.3. The molecule has 1 atom stereocenters. The van der Waals surface area contributed by atoms with E-state index in [1.807, 2.05) is 13.0 Å². The topological polar surface area (TPSA) is 86.8 Å². The van der Waals surface area contributed by atoms with Gasteiger partial charge in [0.2, 0.25) is 21.8 Å². The van der Waals surface area contributed by atoms with Crippen LogP contribution in [-0.4, -0.2) is 50.5 Å². The lowest BCUT2D eigenvalue weighted by Gasteiger charge is -2.31. The fraction of sp³-hybridized carbons (Fsp3) is 0.364. The van der Waals surface area contributed by atoms with Gasteiger partial charge in [-0.1, -0.05) is 37.3 Å². The van der Waals surface area contributed by atoms with Crippen molar-refractivity contribution in [2.75, 3.05) is 23.7 Å². The molecular weight excluding hydrogens is 440 g/mol. The van der Waals surface area contributed by atoms with Crippen LogP contribution in [0.15, 0.2) is 48.5 Å². The SMILES string of the molecule is CCCNC(=O)[C@@H](C)N(Cc1ccccc1)C(=O)CN(c1ccc(F)c(F)c1)S(C)(=O)=O. The Kier molecular flexibility index (Phi) is 8.71. The second-order valence-electron chi connectivity index (χ2n) is 7.34. The number of carbonyl (C=O) groups excluding carboxylic acids is 2. The summed E-state index contributed by atoms with van der Waals surface area (Å²) in [6.07, 6.45) is 1.57. The fourth-order valence-electron chi connectivity index (χ4n) is 3.01. The molecule has 2 rings (SSSR count). The molecule has 32 heavy (non-hydrogen) atoms. The van der Waals surface area contributed by atoms with Gasteiger partial charge in [-0.05, 0) is 31.0 Å². The van der Waals surface area contributed by atoms with E-state index in [1.165, 1.54) is 4.90 Å². The molecule has 0 aliphatic carbocycles. The third-order valence-electron chi connectivity index (χ3n) is 4.78. The minimum absolute atomic E-state index is 0.0652. The molecule has 2 amide bonds. The van der Waals surface area contributed by atoms with Crippen LogP contribution in [0.3, 0.4) is 0 Å². The Morgan fingerprint density at radius 1 is 1.06 bits per heavy atom. The maximum Gasteiger partial charge on any atom is 0.244 e. The summed E-state index contributed by atoms with van der Waals surface area (Å²) in [6.45, 7) is 3.26. The molecule has 0 aliphatic rings. The zero-order valence-corrected chi connectivity index (χ0v) is 19.0. The largest absolute Gasteiger partial charge is 0.354 e. The Morgan fingerprint density at radius 2 is 1.72 bits per heavy atom. The summed E-state index contributed by atoms with van der Waals surface area (Å²) >= 11 is 0. The molecule has 0 saturated carbocycles. The van der Waals surface area contributed by atoms with Crippen molar-refractivity contribution in [3.63, 3.8) is 0 Å². The molecule has 2 aromatic carbocycles. The van der Waals surface area contributed by atoms with E-state index >= 15 is 0 Å². The number of amides is 2. The number of sulfonamides is 1. The average molecular weight is 468 g/mol. The predicted molar refractivity (Wildman–Crippen MR) is 118 cm³/mol. The third kappa shape index (κ3) is 6.74. The molecular formula is C22H27F2N3O4S. The molecule has 174 valence electrons. The quantitative estimate of drug-likeness (QED) is 0.582. The number of nitrogens with zero attached hydrogens (tertiary/aromatic N) is 2. The third-order valence-corrected chi connectivity index (χ3v) is 5.92. The second-order valence-corrected chi connectivity index (χ2v) is 9.25. The molecule has 0 radical (unpaired) electrons. The van der Waals surface area contributed by atoms with Crippen molar-refractivity contribution < 1.29 is 26.8 Å². The molecule has 0 bridgehead atoms. The van der Waals surface area contributed by atoms with E-state index in [0.717, 1.165) is 24.0 Å². The first-order chi connectivity index (χ1) is 15.0. The van der Waals surface area contributed by atoms with Crippen LogP contribution >= 0.6 is 0 Å². The molecule has 2 aromatic rings. The summed E-state index contributed by atoms with van der Waals surface area (Å²) in [5, 5.41) is 2.73. The second kappa shape index (κ2) is 11.0. The minimum Gasteiger partial charge on any atom is -0.354 e. The zero-order chi connectivity index (χ0) is 23.9. The van der Waals surface area contributed by atoms with Crippen LogP contribution in [0.4, 0.5) is 14.5 Å². The van der Waals surface area contributed by atoms with Crippen molar-refractivity contribution in [1.82, 2.24) is 10.2 Å². The predicted octanol–water partition coefficient (Wildman–Crippen LogP) is 2.67. The lowest BCUT2D eigenvalue weighted by atomic mass is 10.1. The molecule has 0 fully saturated rings. The normalized spacial score (nSPS) is 12.2. The van der Waals surface area contributed by atoms with Gasteiger partial charge in [-0.15, -0.1) is 0 Å². The zero-order valence-electron chi connectivity index (χ0n) is 18.2. The lowest BCUT2D eigenvalue weighted by molar-refractivity contribution is -0.139. The van der Waals surface area contributed by atoms with Gasteiger partial charge < -0.3 is 10.2 Å². The highest BCUT2D eigenvalue weighted by molar-refractivity contribution is 7.92. The number of hydrogen-bond acceptors (Lipinski definition) is 4. The fourth-order valence-corrected chi connectivity index (χ4v) is 3.85. The van der Waals surface area contributed by atoms with Crippen LogP contribution in [0.5, 0.6) is 0 Å². The Hall–Kier alpha value is -3.01. The molecule has 7 nitrogen and oxygen atoms in total. The number of benzene rings is 2. The smallest absolute Gasteiger partial charge is 0.244 e. The van der Waals surface area contributed by atoms with Crippen molar-refractivity contribution in [1.29, 1.82) is 0 Å². The Morgan fingerprint density at radius 3 is 2.28 bits per heavy atom. The van der Waals surface area contributed by atoms with Crippen molar-refractivity contribution >= 4 is 27.5 Å². The van der Waals surface area contributed by atoms with Crippen LogP contribution in [0.1, 0.15) is 25.8 Å². The van der Waals surface area contributed by atoms with E-state index in [9.17, 15) is 26.8 Å². The number of anilines is 1. The highest BCUT2D eigenvalue weighted by Gasteiger charge is 2.30. The van der Waals surface area contributed by atoms with Crippen molar-refractivity contribution in [2.24, 2.45) is 0 Å². The Bertz CT molecular complexity index is 1050. The van der Waals surface area contributed by atoms with Gasteiger partial charge >= 0.3 is 0 Å². The Balaban J connectivity index is 2.36. The molecule has 0 unspecified atom stereocenters. The summed E-state index contributed by atoms with van der Waals surface area (Å²) in [6, 6.07) is 10.6. The monoisotopic (exact) mass is 467 g/mol. The van der Waals surface area contributed by atoms with Crippen LogP contribution in [0.25, 0.3) is 0 Å². The molecule has 1 N–H and O–H groups in total. The maximum absolute atomic E-state index is 13.7. The van der Waals surface area contributed by atoms with Crippen LogP contribution in [0.2, 0.25) is 0 Å². The van der Waals surface area contributed by atoms with Gasteiger partial charge in [0, 0.05) is 19.2 Å². The molecule has 10 heteroatoms. The van der Waals surface area contributed by atoms with Gasteiger partial charge in [0.15, 0.2) is 11.6 Å². The molecule has 0 aromatic heterocycles. The molecule has 0 saturated heterocycles. The van der Waals surface area contributed by atoms with Crippen LogP contribution in [-0.2, 0) is 26.2 Å². The van der Waals surface area contributed by atoms with E-state index in [1.54, 1.807) is 31.2 Å². The minimum atomic E-state index is -4.01. The van der Waals surface area contributed by atoms with E-state index < -0.39 is 40.2 Å². The highest BCUT2D eigenvalue weighted by Crippen LogP contribution is 2.21. The summed E-state index contributed by atoms with van der Waals surface area (Å²) in [5.41, 5.74) is 0.553. The van der Waals surface area contributed by atoms with Gasteiger partial charge in [-0.3, -0.25) is 13.9 Å². The maximum atomic E-state index is 13.7. The van der Waals surface area contributed by atoms with E-state index in [4.69, 9.17) is 0 Å². The van der Waals surface area contributed by atoms with Crippen molar-refractivity contribution in [3.8, 4) is 0 Å². The highest BCUT2D eigenvalue weighted by atomic mass is 32.2. The van der Waals surface area contributed by atoms with Gasteiger partial charge in [0.05, 0.1) is 11.9 Å². The standard InChI is InChI=1S/C22H27F2N3O4S/c1-4-12-25-22(29)16(2)26(14-17-8-6-5-7-9-17)21(28)15-27(32(3,30)31)18-10-11-19(23)20(24)13-18/h5-11,13,16H,4,12,14-15H2,1-3H3,(H,25,29)/t16-/m1/s1. The van der Waals surface area contributed by atoms with E-state index in [0.29, 0.717) is 23.3 Å². The average Bonchev–Trinajstić information content (AvgIpc) is 2.75. The van der Waals surface area contributed by atoms with E-state index in [-0.39, 0.29) is 18.1 Å². The number of nitrogens with one attached hydrogen (secondary N) is 1. The number of rotatable bonds is 10. The van der Waals surface area contributed by atoms with Gasteiger partial charge in [0.1, 0.15) is 12.6 Å². The summed E-state index contributed by atoms with van der Waals surface area (Å²) in [4.78, 5) is 27.0. The van der Waals surface area contributed by atoms with Gasteiger partial charge in [-0.2, -0.15) is 0 Å². The first-order valence-electron chi connectivity index (χ1n) is 10.1. The van der Waals surface area contributed by atoms with Gasteiger partial charge in [-0.25, -0.2) is 17.2 Å². The first-order valence-corrected chi connectivity index (χ1v) is 11.9.